The summed E-state index contributed by atoms with van der Waals surface area (Å²) < 4.78 is 25.2. The molecule has 1 saturated heterocycles. The summed E-state index contributed by atoms with van der Waals surface area (Å²) in [7, 11) is 0. The number of amides is 2. The third-order valence-corrected chi connectivity index (χ3v) is 7.13. The van der Waals surface area contributed by atoms with Crippen LogP contribution >= 0.6 is 0 Å². The average Bonchev–Trinajstić information content (AvgIpc) is 3.68. The van der Waals surface area contributed by atoms with Crippen LogP contribution in [0, 0.1) is 12.7 Å². The van der Waals surface area contributed by atoms with Crippen molar-refractivity contribution in [2.24, 2.45) is 0 Å². The number of aromatic nitrogens is 4. The Morgan fingerprint density at radius 1 is 1.11 bits per heavy atom. The Morgan fingerprint density at radius 3 is 2.58 bits per heavy atom. The summed E-state index contributed by atoms with van der Waals surface area (Å²) in [6.45, 7) is 2.42. The van der Waals surface area contributed by atoms with Crippen LogP contribution in [0.2, 0.25) is 0 Å². The number of halogens is 1. The quantitative estimate of drug-likeness (QED) is 0.455. The molecule has 11 heteroatoms. The molecule has 202 valence electrons. The largest absolute Gasteiger partial charge is 0.458 e. The molecule has 1 aromatic carbocycles. The number of furan rings is 1. The van der Waals surface area contributed by atoms with Crippen LogP contribution in [0.4, 0.5) is 4.39 Å². The van der Waals surface area contributed by atoms with Gasteiger partial charge in [0.15, 0.2) is 5.76 Å². The molecule has 1 saturated carbocycles. The lowest BCUT2D eigenvalue weighted by molar-refractivity contribution is -0.143. The summed E-state index contributed by atoms with van der Waals surface area (Å²) >= 11 is 0. The molecule has 3 heterocycles. The van der Waals surface area contributed by atoms with Crippen LogP contribution in [0.5, 0.6) is 0 Å². The fourth-order valence-corrected chi connectivity index (χ4v) is 5.18. The van der Waals surface area contributed by atoms with Gasteiger partial charge >= 0.3 is 0 Å². The lowest BCUT2D eigenvalue weighted by atomic mass is 9.94. The topological polar surface area (TPSA) is 115 Å². The van der Waals surface area contributed by atoms with E-state index in [1.165, 1.54) is 21.8 Å². The molecule has 10 nitrogen and oxygen atoms in total. The number of carbonyl (C=O) groups is 2. The van der Waals surface area contributed by atoms with Gasteiger partial charge in [-0.15, -0.1) is 10.2 Å². The van der Waals surface area contributed by atoms with E-state index >= 15 is 0 Å². The first-order valence-electron chi connectivity index (χ1n) is 13.3. The van der Waals surface area contributed by atoms with Crippen LogP contribution in [-0.2, 0) is 20.9 Å². The molecule has 5 rings (SSSR count). The van der Waals surface area contributed by atoms with Gasteiger partial charge in [-0.3, -0.25) is 9.59 Å². The number of carbonyl (C=O) groups excluding carboxylic acids is 2. The average molecular weight is 525 g/mol. The second-order valence-electron chi connectivity index (χ2n) is 10.0. The summed E-state index contributed by atoms with van der Waals surface area (Å²) in [6, 6.07) is 8.36. The summed E-state index contributed by atoms with van der Waals surface area (Å²) in [5, 5.41) is 15.5. The molecule has 2 amide bonds. The Bertz CT molecular complexity index is 1230. The number of hydrogen-bond acceptors (Lipinski definition) is 7. The molecule has 2 aliphatic rings. The Kier molecular flexibility index (Phi) is 8.11. The predicted octanol–water partition coefficient (Wildman–Crippen LogP) is 3.58. The molecule has 3 aromatic rings. The van der Waals surface area contributed by atoms with Gasteiger partial charge in [0, 0.05) is 19.2 Å². The Morgan fingerprint density at radius 2 is 1.89 bits per heavy atom. The summed E-state index contributed by atoms with van der Waals surface area (Å²) in [4.78, 5) is 30.3. The van der Waals surface area contributed by atoms with E-state index in [4.69, 9.17) is 9.15 Å². The van der Waals surface area contributed by atoms with Crippen molar-refractivity contribution in [3.63, 3.8) is 0 Å². The van der Waals surface area contributed by atoms with Crippen molar-refractivity contribution in [3.8, 4) is 11.6 Å². The van der Waals surface area contributed by atoms with Gasteiger partial charge in [0.05, 0.1) is 6.10 Å². The minimum Gasteiger partial charge on any atom is -0.458 e. The summed E-state index contributed by atoms with van der Waals surface area (Å²) in [5.74, 6) is 0.363. The van der Waals surface area contributed by atoms with Crippen LogP contribution < -0.4 is 5.32 Å². The number of ether oxygens (including phenoxy) is 1. The van der Waals surface area contributed by atoms with E-state index in [-0.39, 0.29) is 42.9 Å². The maximum Gasteiger partial charge on any atom is 0.247 e. The molecule has 0 spiro atoms. The van der Waals surface area contributed by atoms with Crippen molar-refractivity contribution < 1.29 is 23.1 Å². The van der Waals surface area contributed by atoms with E-state index in [1.54, 1.807) is 24.3 Å². The number of tetrazole rings is 1. The van der Waals surface area contributed by atoms with Gasteiger partial charge in [-0.05, 0) is 67.6 Å². The second kappa shape index (κ2) is 11.8. The normalized spacial score (nSPS) is 18.8. The molecule has 0 unspecified atom stereocenters. The third kappa shape index (κ3) is 6.27. The highest BCUT2D eigenvalue weighted by molar-refractivity contribution is 5.89. The molecule has 1 aliphatic heterocycles. The number of rotatable bonds is 9. The molecule has 1 N–H and O–H groups in total. The maximum atomic E-state index is 13.8. The van der Waals surface area contributed by atoms with Gasteiger partial charge < -0.3 is 19.4 Å². The van der Waals surface area contributed by atoms with Gasteiger partial charge in [0.25, 0.3) is 0 Å². The van der Waals surface area contributed by atoms with Crippen molar-refractivity contribution in [1.29, 1.82) is 0 Å². The van der Waals surface area contributed by atoms with Crippen molar-refractivity contribution in [3.05, 3.63) is 53.5 Å². The highest BCUT2D eigenvalue weighted by Gasteiger charge is 2.35. The van der Waals surface area contributed by atoms with Crippen LogP contribution in [0.15, 0.2) is 40.8 Å². The van der Waals surface area contributed by atoms with E-state index in [9.17, 15) is 14.0 Å². The lowest BCUT2D eigenvalue weighted by Gasteiger charge is -2.34. The standard InChI is InChI=1S/C27H33FN6O4/c1-18-9-14-23(38-18)26-30-32-34(31-26)17-24(35)33(16-22-8-5-15-37-22)25(19-10-12-20(28)13-11-19)27(36)29-21-6-3-2-4-7-21/h9-14,21-22,25H,2-8,15-17H2,1H3,(H,29,36)/t22-,25-/m0/s1. The van der Waals surface area contributed by atoms with Crippen LogP contribution in [0.25, 0.3) is 11.6 Å². The first kappa shape index (κ1) is 26.0. The van der Waals surface area contributed by atoms with Gasteiger partial charge in [0.1, 0.15) is 24.2 Å². The number of benzene rings is 1. The molecule has 2 fully saturated rings. The highest BCUT2D eigenvalue weighted by Crippen LogP contribution is 2.27. The fourth-order valence-electron chi connectivity index (χ4n) is 5.18. The van der Waals surface area contributed by atoms with E-state index in [2.05, 4.69) is 20.7 Å². The van der Waals surface area contributed by atoms with E-state index in [0.717, 1.165) is 44.9 Å². The monoisotopic (exact) mass is 524 g/mol. The van der Waals surface area contributed by atoms with Gasteiger partial charge in [-0.2, -0.15) is 4.80 Å². The van der Waals surface area contributed by atoms with Crippen molar-refractivity contribution >= 4 is 11.8 Å². The highest BCUT2D eigenvalue weighted by atomic mass is 19.1. The van der Waals surface area contributed by atoms with Crippen molar-refractivity contribution in [2.45, 2.75) is 76.6 Å². The van der Waals surface area contributed by atoms with Gasteiger partial charge in [-0.25, -0.2) is 4.39 Å². The zero-order valence-electron chi connectivity index (χ0n) is 21.5. The smallest absolute Gasteiger partial charge is 0.247 e. The van der Waals surface area contributed by atoms with Crippen LogP contribution in [0.1, 0.15) is 62.3 Å². The molecule has 0 bridgehead atoms. The van der Waals surface area contributed by atoms with Crippen LogP contribution in [-0.4, -0.2) is 62.2 Å². The molecular formula is C27H33FN6O4. The van der Waals surface area contributed by atoms with Gasteiger partial charge in [0.2, 0.25) is 17.6 Å². The second-order valence-corrected chi connectivity index (χ2v) is 10.0. The first-order valence-corrected chi connectivity index (χ1v) is 13.3. The Hall–Kier alpha value is -3.60. The number of nitrogens with zero attached hydrogens (tertiary/aromatic N) is 5. The molecule has 0 radical (unpaired) electrons. The van der Waals surface area contributed by atoms with E-state index in [0.29, 0.717) is 23.7 Å². The number of nitrogens with one attached hydrogen (secondary N) is 1. The zero-order chi connectivity index (χ0) is 26.5. The Labute approximate surface area is 220 Å². The van der Waals surface area contributed by atoms with E-state index in [1.807, 2.05) is 6.92 Å². The third-order valence-electron chi connectivity index (χ3n) is 7.13. The number of hydrogen-bond donors (Lipinski definition) is 1. The zero-order valence-corrected chi connectivity index (χ0v) is 21.5. The minimum atomic E-state index is -0.954. The maximum absolute atomic E-state index is 13.8. The molecule has 2 aromatic heterocycles. The van der Waals surface area contributed by atoms with Gasteiger partial charge in [-0.1, -0.05) is 31.4 Å². The SMILES string of the molecule is Cc1ccc(-c2nnn(CC(=O)N(C[C@@H]3CCCO3)[C@H](C(=O)NC3CCCCC3)c3ccc(F)cc3)n2)o1. The fraction of sp³-hybridized carbons (Fsp3) is 0.519. The van der Waals surface area contributed by atoms with Crippen molar-refractivity contribution in [1.82, 2.24) is 30.4 Å². The Balaban J connectivity index is 1.42. The molecule has 2 atom stereocenters. The molecule has 1 aliphatic carbocycles. The molecule has 38 heavy (non-hydrogen) atoms. The predicted molar refractivity (Wildman–Crippen MR) is 135 cm³/mol. The van der Waals surface area contributed by atoms with E-state index < -0.39 is 11.9 Å². The first-order chi connectivity index (χ1) is 18.5. The summed E-state index contributed by atoms with van der Waals surface area (Å²) in [5.41, 5.74) is 0.532. The molecular weight excluding hydrogens is 491 g/mol. The summed E-state index contributed by atoms with van der Waals surface area (Å²) in [6.07, 6.45) is 6.54. The van der Waals surface area contributed by atoms with Crippen molar-refractivity contribution in [2.75, 3.05) is 13.2 Å². The number of aryl methyl sites for hydroxylation is 1. The van der Waals surface area contributed by atoms with Crippen LogP contribution in [0.3, 0.4) is 0 Å². The lowest BCUT2D eigenvalue weighted by Crippen LogP contribution is -2.50. The minimum absolute atomic E-state index is 0.0511.